The number of rotatable bonds is 10. The normalized spacial score (nSPS) is 12.3. The van der Waals surface area contributed by atoms with Gasteiger partial charge in [0.1, 0.15) is 11.5 Å². The monoisotopic (exact) mass is 438 g/mol. The zero-order chi connectivity index (χ0) is 21.9. The van der Waals surface area contributed by atoms with E-state index in [9.17, 15) is 8.42 Å². The number of hydrogen-bond acceptors (Lipinski definition) is 5. The predicted octanol–water partition coefficient (Wildman–Crippen LogP) is 5.33. The largest absolute Gasteiger partial charge is 0.464 e. The second-order valence-corrected chi connectivity index (χ2v) is 7.44. The molecular weight excluding hydrogens is 416 g/mol. The summed E-state index contributed by atoms with van der Waals surface area (Å²) in [5.74, 6) is 0.940. The highest BCUT2D eigenvalue weighted by atomic mass is 32.3. The third-order valence-corrected chi connectivity index (χ3v) is 4.36. The van der Waals surface area contributed by atoms with Gasteiger partial charge in [-0.25, -0.2) is 0 Å². The molecule has 0 fully saturated rings. The molecular formula is C24H22O6S. The van der Waals surface area contributed by atoms with Gasteiger partial charge in [0.05, 0.1) is 6.61 Å². The molecule has 160 valence electrons. The molecule has 0 saturated carbocycles. The van der Waals surface area contributed by atoms with E-state index in [0.29, 0.717) is 23.5 Å². The Bertz CT molecular complexity index is 1110. The van der Waals surface area contributed by atoms with Crippen LogP contribution < -0.4 is 4.74 Å². The van der Waals surface area contributed by atoms with Crippen LogP contribution in [0.2, 0.25) is 0 Å². The van der Waals surface area contributed by atoms with Crippen LogP contribution in [-0.2, 0) is 19.3 Å². The van der Waals surface area contributed by atoms with Crippen LogP contribution in [0.4, 0.5) is 0 Å². The molecule has 0 aliphatic heterocycles. The zero-order valence-electron chi connectivity index (χ0n) is 16.6. The molecule has 7 heteroatoms. The molecule has 0 heterocycles. The Kier molecular flexibility index (Phi) is 7.86. The third-order valence-electron chi connectivity index (χ3n) is 3.98. The first-order chi connectivity index (χ1) is 15.0. The van der Waals surface area contributed by atoms with Crippen molar-refractivity contribution >= 4 is 22.6 Å². The van der Waals surface area contributed by atoms with E-state index in [1.54, 1.807) is 24.3 Å². The molecule has 31 heavy (non-hydrogen) atoms. The molecule has 0 aromatic heterocycles. The second kappa shape index (κ2) is 11.0. The number of hydrogen-bond donors (Lipinski definition) is 1. The molecule has 0 aliphatic carbocycles. The minimum atomic E-state index is -4.73. The quantitative estimate of drug-likeness (QED) is 0.340. The Balaban J connectivity index is 1.74. The molecule has 0 radical (unpaired) electrons. The Hall–Kier alpha value is -3.55. The zero-order valence-corrected chi connectivity index (χ0v) is 17.4. The summed E-state index contributed by atoms with van der Waals surface area (Å²) in [6, 6.07) is 27.8. The van der Waals surface area contributed by atoms with Crippen LogP contribution in [0.15, 0.2) is 103 Å². The standard InChI is InChI=1S/C24H22O6S/c25-31(26,27)30-24(19-21-12-6-2-7-13-21)28-17-16-23(18-20-10-4-1-5-11-20)29-22-14-8-3-9-15-22/h1-15,18-19H,16-17H2,(H,25,26,27). The van der Waals surface area contributed by atoms with E-state index in [4.69, 9.17) is 14.0 Å². The molecule has 0 bridgehead atoms. The summed E-state index contributed by atoms with van der Waals surface area (Å²) in [7, 11) is -4.73. The molecule has 0 atom stereocenters. The molecule has 0 spiro atoms. The van der Waals surface area contributed by atoms with Crippen LogP contribution >= 0.6 is 0 Å². The second-order valence-electron chi connectivity index (χ2n) is 6.42. The smallest absolute Gasteiger partial charge is 0.449 e. The van der Waals surface area contributed by atoms with E-state index in [0.717, 1.165) is 5.56 Å². The summed E-state index contributed by atoms with van der Waals surface area (Å²) in [5, 5.41) is 0. The van der Waals surface area contributed by atoms with Gasteiger partial charge in [-0.15, -0.1) is 0 Å². The third kappa shape index (κ3) is 8.38. The highest BCUT2D eigenvalue weighted by molar-refractivity contribution is 7.81. The fourth-order valence-electron chi connectivity index (χ4n) is 2.66. The van der Waals surface area contributed by atoms with E-state index in [1.807, 2.05) is 72.8 Å². The lowest BCUT2D eigenvalue weighted by atomic mass is 10.2. The summed E-state index contributed by atoms with van der Waals surface area (Å²) in [5.41, 5.74) is 1.60. The van der Waals surface area contributed by atoms with Crippen molar-refractivity contribution in [3.8, 4) is 5.75 Å². The van der Waals surface area contributed by atoms with Gasteiger partial charge in [-0.3, -0.25) is 4.55 Å². The van der Waals surface area contributed by atoms with E-state index in [1.165, 1.54) is 6.08 Å². The lowest BCUT2D eigenvalue weighted by Gasteiger charge is -2.13. The van der Waals surface area contributed by atoms with Crippen LogP contribution in [0.5, 0.6) is 5.75 Å². The Morgan fingerprint density at radius 3 is 1.84 bits per heavy atom. The average molecular weight is 439 g/mol. The van der Waals surface area contributed by atoms with Crippen LogP contribution in [0.1, 0.15) is 17.5 Å². The van der Waals surface area contributed by atoms with Crippen molar-refractivity contribution < 1.29 is 26.6 Å². The van der Waals surface area contributed by atoms with E-state index in [-0.39, 0.29) is 12.6 Å². The Morgan fingerprint density at radius 2 is 1.29 bits per heavy atom. The Morgan fingerprint density at radius 1 is 0.774 bits per heavy atom. The number of benzene rings is 3. The van der Waals surface area contributed by atoms with Crippen LogP contribution in [0, 0.1) is 0 Å². The van der Waals surface area contributed by atoms with Crippen molar-refractivity contribution in [3.63, 3.8) is 0 Å². The van der Waals surface area contributed by atoms with Gasteiger partial charge in [-0.2, -0.15) is 8.42 Å². The van der Waals surface area contributed by atoms with E-state index >= 15 is 0 Å². The van der Waals surface area contributed by atoms with Crippen molar-refractivity contribution in [3.05, 3.63) is 114 Å². The molecule has 0 amide bonds. The lowest BCUT2D eigenvalue weighted by Crippen LogP contribution is -2.08. The molecule has 0 aliphatic rings. The fraction of sp³-hybridized carbons (Fsp3) is 0.0833. The van der Waals surface area contributed by atoms with Crippen LogP contribution in [0.3, 0.4) is 0 Å². The number of para-hydroxylation sites is 1. The summed E-state index contributed by atoms with van der Waals surface area (Å²) in [6.07, 6.45) is 3.58. The van der Waals surface area contributed by atoms with Gasteiger partial charge in [-0.05, 0) is 29.3 Å². The molecule has 3 aromatic carbocycles. The average Bonchev–Trinajstić information content (AvgIpc) is 2.75. The van der Waals surface area contributed by atoms with Gasteiger partial charge in [0.2, 0.25) is 0 Å². The van der Waals surface area contributed by atoms with E-state index < -0.39 is 10.4 Å². The van der Waals surface area contributed by atoms with Crippen molar-refractivity contribution in [2.45, 2.75) is 6.42 Å². The SMILES string of the molecule is O=S(=O)(O)OC(=Cc1ccccc1)OCCC(=Cc1ccccc1)Oc1ccccc1. The fourth-order valence-corrected chi connectivity index (χ4v) is 2.96. The molecule has 1 N–H and O–H groups in total. The predicted molar refractivity (Wildman–Crippen MR) is 119 cm³/mol. The summed E-state index contributed by atoms with van der Waals surface area (Å²) >= 11 is 0. The van der Waals surface area contributed by atoms with Crippen molar-refractivity contribution in [1.82, 2.24) is 0 Å². The first-order valence-electron chi connectivity index (χ1n) is 9.53. The van der Waals surface area contributed by atoms with Gasteiger partial charge >= 0.3 is 10.4 Å². The minimum absolute atomic E-state index is 0.0552. The Labute approximate surface area is 182 Å². The van der Waals surface area contributed by atoms with E-state index in [2.05, 4.69) is 4.18 Å². The molecule has 3 rings (SSSR count). The van der Waals surface area contributed by atoms with Gasteiger partial charge < -0.3 is 13.7 Å². The number of ether oxygens (including phenoxy) is 2. The first-order valence-corrected chi connectivity index (χ1v) is 10.9. The molecule has 6 nitrogen and oxygen atoms in total. The maximum absolute atomic E-state index is 11.2. The molecule has 0 unspecified atom stereocenters. The van der Waals surface area contributed by atoms with Crippen LogP contribution in [-0.4, -0.2) is 19.6 Å². The minimum Gasteiger partial charge on any atom is -0.464 e. The summed E-state index contributed by atoms with van der Waals surface area (Å²) in [4.78, 5) is 0. The van der Waals surface area contributed by atoms with Gasteiger partial charge in [0.25, 0.3) is 5.95 Å². The van der Waals surface area contributed by atoms with Gasteiger partial charge in [0.15, 0.2) is 0 Å². The molecule has 3 aromatic rings. The lowest BCUT2D eigenvalue weighted by molar-refractivity contribution is 0.104. The molecule has 0 saturated heterocycles. The summed E-state index contributed by atoms with van der Waals surface area (Å²) < 4.78 is 47.5. The highest BCUT2D eigenvalue weighted by Gasteiger charge is 2.12. The van der Waals surface area contributed by atoms with Crippen molar-refractivity contribution in [2.24, 2.45) is 0 Å². The first kappa shape index (κ1) is 22.1. The van der Waals surface area contributed by atoms with Gasteiger partial charge in [-0.1, -0.05) is 78.9 Å². The summed E-state index contributed by atoms with van der Waals surface area (Å²) in [6.45, 7) is 0.0552. The maximum Gasteiger partial charge on any atom is 0.449 e. The van der Waals surface area contributed by atoms with Crippen LogP contribution in [0.25, 0.3) is 12.2 Å². The topological polar surface area (TPSA) is 82.1 Å². The highest BCUT2D eigenvalue weighted by Crippen LogP contribution is 2.19. The van der Waals surface area contributed by atoms with Crippen molar-refractivity contribution in [1.29, 1.82) is 0 Å². The van der Waals surface area contributed by atoms with Crippen molar-refractivity contribution in [2.75, 3.05) is 6.61 Å². The maximum atomic E-state index is 11.2. The van der Waals surface area contributed by atoms with Gasteiger partial charge in [0, 0.05) is 12.5 Å².